The van der Waals surface area contributed by atoms with Crippen LogP contribution < -0.4 is 9.62 Å². The Kier molecular flexibility index (Phi) is 7.03. The predicted molar refractivity (Wildman–Crippen MR) is 127 cm³/mol. The zero-order chi connectivity index (χ0) is 22.6. The fourth-order valence-electron chi connectivity index (χ4n) is 3.08. The van der Waals surface area contributed by atoms with Gasteiger partial charge in [-0.05, 0) is 79.9 Å². The molecule has 1 N–H and O–H groups in total. The van der Waals surface area contributed by atoms with Gasteiger partial charge in [-0.25, -0.2) is 8.42 Å². The average Bonchev–Trinajstić information content (AvgIpc) is 2.75. The van der Waals surface area contributed by atoms with Gasteiger partial charge in [0.2, 0.25) is 10.0 Å². The van der Waals surface area contributed by atoms with E-state index >= 15 is 0 Å². The lowest BCUT2D eigenvalue weighted by Gasteiger charge is -2.25. The Hall–Kier alpha value is -2.83. The molecule has 0 bridgehead atoms. The summed E-state index contributed by atoms with van der Waals surface area (Å²) in [5, 5.41) is 3.32. The van der Waals surface area contributed by atoms with Crippen molar-refractivity contribution in [3.63, 3.8) is 0 Å². The molecule has 0 saturated heterocycles. The molecule has 1 amide bonds. The molecule has 31 heavy (non-hydrogen) atoms. The molecule has 3 rings (SSSR count). The molecular formula is C24H25ClN2O3S. The summed E-state index contributed by atoms with van der Waals surface area (Å²) in [6, 6.07) is 19.5. The first-order valence-electron chi connectivity index (χ1n) is 9.93. The monoisotopic (exact) mass is 456 g/mol. The largest absolute Gasteiger partial charge is 0.322 e. The Morgan fingerprint density at radius 2 is 1.68 bits per heavy atom. The first-order valence-corrected chi connectivity index (χ1v) is 11.9. The molecule has 162 valence electrons. The molecule has 0 aromatic heterocycles. The van der Waals surface area contributed by atoms with Gasteiger partial charge in [0.1, 0.15) is 0 Å². The summed E-state index contributed by atoms with van der Waals surface area (Å²) in [4.78, 5) is 12.4. The summed E-state index contributed by atoms with van der Waals surface area (Å²) in [7, 11) is -3.46. The zero-order valence-corrected chi connectivity index (χ0v) is 19.3. The molecular weight excluding hydrogens is 432 g/mol. The number of sulfonamides is 1. The number of amides is 1. The molecule has 0 aliphatic rings. The van der Waals surface area contributed by atoms with Crippen LogP contribution in [0.5, 0.6) is 0 Å². The fourth-order valence-corrected chi connectivity index (χ4v) is 4.36. The van der Waals surface area contributed by atoms with Gasteiger partial charge in [-0.15, -0.1) is 0 Å². The van der Waals surface area contributed by atoms with E-state index in [-0.39, 0.29) is 18.2 Å². The summed E-state index contributed by atoms with van der Waals surface area (Å²) >= 11 is 5.94. The van der Waals surface area contributed by atoms with E-state index in [4.69, 9.17) is 11.6 Å². The first-order chi connectivity index (χ1) is 14.7. The van der Waals surface area contributed by atoms with Crippen LogP contribution in [-0.4, -0.2) is 20.1 Å². The second-order valence-corrected chi connectivity index (χ2v) is 9.96. The van der Waals surface area contributed by atoms with Crippen molar-refractivity contribution < 1.29 is 13.2 Å². The molecule has 0 saturated carbocycles. The molecule has 7 heteroatoms. The third-order valence-corrected chi connectivity index (χ3v) is 7.08. The average molecular weight is 457 g/mol. The Labute approximate surface area is 188 Å². The Morgan fingerprint density at radius 1 is 0.968 bits per heavy atom. The molecule has 0 heterocycles. The number of hydrogen-bond donors (Lipinski definition) is 1. The van der Waals surface area contributed by atoms with Crippen LogP contribution in [0, 0.1) is 13.8 Å². The molecule has 0 radical (unpaired) electrons. The highest BCUT2D eigenvalue weighted by molar-refractivity contribution is 7.92. The number of carbonyl (C=O) groups is 1. The van der Waals surface area contributed by atoms with Crippen molar-refractivity contribution in [2.75, 3.05) is 15.4 Å². The molecule has 0 spiro atoms. The molecule has 0 unspecified atom stereocenters. The quantitative estimate of drug-likeness (QED) is 0.505. The van der Waals surface area contributed by atoms with Crippen LogP contribution in [0.25, 0.3) is 0 Å². The Balaban J connectivity index is 1.79. The van der Waals surface area contributed by atoms with Crippen molar-refractivity contribution in [2.45, 2.75) is 27.3 Å². The van der Waals surface area contributed by atoms with Gasteiger partial charge in [0.05, 0.1) is 18.0 Å². The van der Waals surface area contributed by atoms with Crippen LogP contribution in [-0.2, 0) is 16.6 Å². The number of halogens is 1. The number of benzene rings is 3. The van der Waals surface area contributed by atoms with Crippen LogP contribution in [0.3, 0.4) is 0 Å². The van der Waals surface area contributed by atoms with E-state index in [0.717, 1.165) is 16.7 Å². The smallest absolute Gasteiger partial charge is 0.255 e. The second-order valence-electron chi connectivity index (χ2n) is 7.34. The number of carbonyl (C=O) groups excluding carboxylic acids is 1. The predicted octanol–water partition coefficient (Wildman–Crippen LogP) is 5.57. The fraction of sp³-hybridized carbons (Fsp3) is 0.208. The van der Waals surface area contributed by atoms with E-state index < -0.39 is 10.0 Å². The number of nitrogens with zero attached hydrogens (tertiary/aromatic N) is 1. The Morgan fingerprint density at radius 3 is 2.29 bits per heavy atom. The highest BCUT2D eigenvalue weighted by atomic mass is 35.5. The highest BCUT2D eigenvalue weighted by Crippen LogP contribution is 2.25. The van der Waals surface area contributed by atoms with Crippen molar-refractivity contribution in [3.8, 4) is 0 Å². The van der Waals surface area contributed by atoms with E-state index in [1.807, 2.05) is 44.2 Å². The lowest BCUT2D eigenvalue weighted by Crippen LogP contribution is -2.32. The summed E-state index contributed by atoms with van der Waals surface area (Å²) in [6.45, 7) is 5.81. The Bertz CT molecular complexity index is 1190. The molecule has 0 aliphatic carbocycles. The summed E-state index contributed by atoms with van der Waals surface area (Å²) in [5.41, 5.74) is 4.68. The summed E-state index contributed by atoms with van der Waals surface area (Å²) < 4.78 is 26.9. The van der Waals surface area contributed by atoms with E-state index in [9.17, 15) is 13.2 Å². The highest BCUT2D eigenvalue weighted by Gasteiger charge is 2.21. The van der Waals surface area contributed by atoms with Gasteiger partial charge in [-0.1, -0.05) is 35.9 Å². The minimum absolute atomic E-state index is 0.00764. The standard InChI is InChI=1S/C24H25ClN2O3S/c1-4-31(29,30)27(23-13-8-17(2)18(3)14-23)16-19-9-11-22(12-10-19)26-24(28)20-6-5-7-21(25)15-20/h5-15H,4,16H2,1-3H3,(H,26,28). The zero-order valence-electron chi connectivity index (χ0n) is 17.7. The van der Waals surface area contributed by atoms with Crippen molar-refractivity contribution in [2.24, 2.45) is 0 Å². The van der Waals surface area contributed by atoms with Crippen molar-refractivity contribution in [3.05, 3.63) is 94.0 Å². The maximum atomic E-state index is 12.8. The summed E-state index contributed by atoms with van der Waals surface area (Å²) in [6.07, 6.45) is 0. The minimum Gasteiger partial charge on any atom is -0.322 e. The minimum atomic E-state index is -3.46. The van der Waals surface area contributed by atoms with Gasteiger partial charge in [0.25, 0.3) is 5.91 Å². The van der Waals surface area contributed by atoms with Gasteiger partial charge in [0.15, 0.2) is 0 Å². The number of aryl methyl sites for hydroxylation is 2. The number of rotatable bonds is 7. The second kappa shape index (κ2) is 9.54. The van der Waals surface area contributed by atoms with Crippen molar-refractivity contribution in [1.29, 1.82) is 0 Å². The number of hydrogen-bond acceptors (Lipinski definition) is 3. The van der Waals surface area contributed by atoms with Gasteiger partial charge < -0.3 is 5.32 Å². The third-order valence-electron chi connectivity index (χ3n) is 5.10. The molecule has 0 aliphatic heterocycles. The van der Waals surface area contributed by atoms with E-state index in [2.05, 4.69) is 5.32 Å². The van der Waals surface area contributed by atoms with Crippen LogP contribution in [0.2, 0.25) is 5.02 Å². The molecule has 3 aromatic rings. The maximum absolute atomic E-state index is 12.8. The lowest BCUT2D eigenvalue weighted by molar-refractivity contribution is 0.102. The van der Waals surface area contributed by atoms with E-state index in [0.29, 0.717) is 22.0 Å². The van der Waals surface area contributed by atoms with Gasteiger partial charge >= 0.3 is 0 Å². The number of nitrogens with one attached hydrogen (secondary N) is 1. The number of anilines is 2. The SMILES string of the molecule is CCS(=O)(=O)N(Cc1ccc(NC(=O)c2cccc(Cl)c2)cc1)c1ccc(C)c(C)c1. The van der Waals surface area contributed by atoms with Gasteiger partial charge in [0, 0.05) is 16.3 Å². The lowest BCUT2D eigenvalue weighted by atomic mass is 10.1. The normalized spacial score (nSPS) is 11.2. The molecule has 5 nitrogen and oxygen atoms in total. The maximum Gasteiger partial charge on any atom is 0.255 e. The topological polar surface area (TPSA) is 66.5 Å². The van der Waals surface area contributed by atoms with Gasteiger partial charge in [-0.2, -0.15) is 0 Å². The summed E-state index contributed by atoms with van der Waals surface area (Å²) in [5.74, 6) is -0.256. The molecule has 0 atom stereocenters. The van der Waals surface area contributed by atoms with Crippen LogP contribution in [0.4, 0.5) is 11.4 Å². The van der Waals surface area contributed by atoms with Crippen molar-refractivity contribution >= 4 is 38.9 Å². The van der Waals surface area contributed by atoms with Crippen LogP contribution >= 0.6 is 11.6 Å². The molecule has 0 fully saturated rings. The first kappa shape index (κ1) is 22.8. The molecule has 3 aromatic carbocycles. The van der Waals surface area contributed by atoms with Crippen LogP contribution in [0.1, 0.15) is 34.0 Å². The van der Waals surface area contributed by atoms with Crippen molar-refractivity contribution in [1.82, 2.24) is 0 Å². The van der Waals surface area contributed by atoms with E-state index in [1.165, 1.54) is 4.31 Å². The van der Waals surface area contributed by atoms with Gasteiger partial charge in [-0.3, -0.25) is 9.10 Å². The third kappa shape index (κ3) is 5.66. The van der Waals surface area contributed by atoms with E-state index in [1.54, 1.807) is 43.3 Å². The van der Waals surface area contributed by atoms with Crippen LogP contribution in [0.15, 0.2) is 66.7 Å².